The number of benzene rings is 1. The van der Waals surface area contributed by atoms with Gasteiger partial charge < -0.3 is 4.74 Å². The number of thiazole rings is 1. The number of hydrogen-bond donors (Lipinski definition) is 0. The van der Waals surface area contributed by atoms with Crippen LogP contribution in [0.25, 0.3) is 0 Å². The minimum absolute atomic E-state index is 0.0638. The van der Waals surface area contributed by atoms with Gasteiger partial charge in [-0.3, -0.25) is 4.79 Å². The number of rotatable bonds is 4. The lowest BCUT2D eigenvalue weighted by atomic mass is 10.1. The lowest BCUT2D eigenvalue weighted by Crippen LogP contribution is -2.03. The average Bonchev–Trinajstić information content (AvgIpc) is 2.82. The fraction of sp³-hybridized carbons (Fsp3) is 0.167. The van der Waals surface area contributed by atoms with E-state index in [-0.39, 0.29) is 5.78 Å². The molecule has 2 rings (SSSR count). The molecular weight excluding hydrogens is 222 g/mol. The Morgan fingerprint density at radius 2 is 2.38 bits per heavy atom. The first kappa shape index (κ1) is 10.8. The van der Waals surface area contributed by atoms with Crippen molar-refractivity contribution in [1.29, 1.82) is 0 Å². The molecule has 0 aliphatic carbocycles. The minimum atomic E-state index is 0.0638. The zero-order valence-electron chi connectivity index (χ0n) is 8.84. The first-order valence-electron chi connectivity index (χ1n) is 4.85. The summed E-state index contributed by atoms with van der Waals surface area (Å²) in [7, 11) is 1.59. The molecule has 0 amide bonds. The fourth-order valence-electron chi connectivity index (χ4n) is 1.38. The van der Waals surface area contributed by atoms with Gasteiger partial charge in [0, 0.05) is 17.1 Å². The van der Waals surface area contributed by atoms with Crippen molar-refractivity contribution >= 4 is 17.1 Å². The van der Waals surface area contributed by atoms with Crippen molar-refractivity contribution in [1.82, 2.24) is 4.98 Å². The highest BCUT2D eigenvalue weighted by molar-refractivity contribution is 7.09. The van der Waals surface area contributed by atoms with Crippen LogP contribution in [0.1, 0.15) is 15.4 Å². The predicted octanol–water partition coefficient (Wildman–Crippen LogP) is 2.58. The molecule has 0 radical (unpaired) electrons. The van der Waals surface area contributed by atoms with Gasteiger partial charge in [0.2, 0.25) is 0 Å². The van der Waals surface area contributed by atoms with Gasteiger partial charge in [0.1, 0.15) is 10.8 Å². The van der Waals surface area contributed by atoms with Crippen molar-refractivity contribution in [3.8, 4) is 5.75 Å². The lowest BCUT2D eigenvalue weighted by Gasteiger charge is -2.02. The molecule has 0 spiro atoms. The molecule has 2 aromatic rings. The monoisotopic (exact) mass is 233 g/mol. The Labute approximate surface area is 97.7 Å². The summed E-state index contributed by atoms with van der Waals surface area (Å²) in [6.07, 6.45) is 2.06. The van der Waals surface area contributed by atoms with Gasteiger partial charge in [-0.05, 0) is 12.1 Å². The Balaban J connectivity index is 2.14. The Kier molecular flexibility index (Phi) is 3.31. The second-order valence-corrected chi connectivity index (χ2v) is 4.24. The van der Waals surface area contributed by atoms with Gasteiger partial charge in [0.25, 0.3) is 0 Å². The van der Waals surface area contributed by atoms with Gasteiger partial charge in [-0.25, -0.2) is 4.98 Å². The molecule has 0 saturated carbocycles. The van der Waals surface area contributed by atoms with Crippen LogP contribution in [0.4, 0.5) is 0 Å². The van der Waals surface area contributed by atoms with E-state index in [1.54, 1.807) is 25.4 Å². The van der Waals surface area contributed by atoms with Crippen molar-refractivity contribution < 1.29 is 9.53 Å². The smallest absolute Gasteiger partial charge is 0.169 e. The molecule has 82 valence electrons. The van der Waals surface area contributed by atoms with Crippen LogP contribution in [-0.4, -0.2) is 17.9 Å². The number of carbonyl (C=O) groups is 1. The van der Waals surface area contributed by atoms with Crippen LogP contribution >= 0.6 is 11.3 Å². The normalized spacial score (nSPS) is 10.1. The first-order valence-corrected chi connectivity index (χ1v) is 5.73. The van der Waals surface area contributed by atoms with Crippen molar-refractivity contribution in [2.24, 2.45) is 0 Å². The van der Waals surface area contributed by atoms with Crippen molar-refractivity contribution in [2.75, 3.05) is 7.11 Å². The van der Waals surface area contributed by atoms with Crippen LogP contribution in [0, 0.1) is 0 Å². The summed E-state index contributed by atoms with van der Waals surface area (Å²) in [6.45, 7) is 0. The van der Waals surface area contributed by atoms with Crippen molar-refractivity contribution in [3.63, 3.8) is 0 Å². The van der Waals surface area contributed by atoms with Crippen LogP contribution in [0.5, 0.6) is 5.75 Å². The van der Waals surface area contributed by atoms with Gasteiger partial charge in [0.05, 0.1) is 13.5 Å². The number of carbonyl (C=O) groups excluding carboxylic acids is 1. The summed E-state index contributed by atoms with van der Waals surface area (Å²) in [5.41, 5.74) is 0.662. The van der Waals surface area contributed by atoms with Gasteiger partial charge in [-0.2, -0.15) is 0 Å². The minimum Gasteiger partial charge on any atom is -0.497 e. The number of ketones is 1. The molecule has 1 aromatic carbocycles. The zero-order valence-corrected chi connectivity index (χ0v) is 9.66. The first-order chi connectivity index (χ1) is 7.79. The molecule has 0 atom stereocenters. The molecule has 0 aliphatic heterocycles. The van der Waals surface area contributed by atoms with Crippen LogP contribution in [0.2, 0.25) is 0 Å². The maximum absolute atomic E-state index is 11.9. The maximum Gasteiger partial charge on any atom is 0.169 e. The quantitative estimate of drug-likeness (QED) is 0.762. The topological polar surface area (TPSA) is 39.2 Å². The van der Waals surface area contributed by atoms with Crippen LogP contribution in [0.3, 0.4) is 0 Å². The largest absolute Gasteiger partial charge is 0.497 e. The number of nitrogens with zero attached hydrogens (tertiary/aromatic N) is 1. The standard InChI is InChI=1S/C12H11NO2S/c1-15-10-4-2-3-9(7-10)11(14)8-12-13-5-6-16-12/h2-7H,8H2,1H3. The second-order valence-electron chi connectivity index (χ2n) is 3.26. The molecule has 1 heterocycles. The van der Waals surface area contributed by atoms with Gasteiger partial charge in [0.15, 0.2) is 5.78 Å². The SMILES string of the molecule is COc1cccc(C(=O)Cc2nccs2)c1. The lowest BCUT2D eigenvalue weighted by molar-refractivity contribution is 0.0992. The highest BCUT2D eigenvalue weighted by Gasteiger charge is 2.09. The summed E-state index contributed by atoms with van der Waals surface area (Å²) in [4.78, 5) is 16.0. The third-order valence-electron chi connectivity index (χ3n) is 2.19. The molecule has 0 bridgehead atoms. The van der Waals surface area contributed by atoms with Crippen LogP contribution < -0.4 is 4.74 Å². The Bertz CT molecular complexity index is 480. The average molecular weight is 233 g/mol. The number of ether oxygens (including phenoxy) is 1. The van der Waals surface area contributed by atoms with Crippen molar-refractivity contribution in [3.05, 3.63) is 46.4 Å². The van der Waals surface area contributed by atoms with E-state index in [0.29, 0.717) is 17.7 Å². The van der Waals surface area contributed by atoms with E-state index in [1.807, 2.05) is 17.5 Å². The van der Waals surface area contributed by atoms with E-state index in [2.05, 4.69) is 4.98 Å². The second kappa shape index (κ2) is 4.90. The van der Waals surface area contributed by atoms with Crippen molar-refractivity contribution in [2.45, 2.75) is 6.42 Å². The summed E-state index contributed by atoms with van der Waals surface area (Å²) >= 11 is 1.49. The number of Topliss-reactive ketones (excluding diaryl/α,β-unsaturated/α-hetero) is 1. The Morgan fingerprint density at radius 1 is 1.50 bits per heavy atom. The van der Waals surface area contributed by atoms with E-state index in [4.69, 9.17) is 4.74 Å². The molecule has 1 aromatic heterocycles. The molecular formula is C12H11NO2S. The molecule has 3 nitrogen and oxygen atoms in total. The molecule has 0 aliphatic rings. The fourth-order valence-corrected chi connectivity index (χ4v) is 1.99. The van der Waals surface area contributed by atoms with E-state index >= 15 is 0 Å². The third-order valence-corrected chi connectivity index (χ3v) is 2.97. The Hall–Kier alpha value is -1.68. The molecule has 0 N–H and O–H groups in total. The van der Waals surface area contributed by atoms with E-state index in [0.717, 1.165) is 5.01 Å². The highest BCUT2D eigenvalue weighted by Crippen LogP contribution is 2.15. The molecule has 0 fully saturated rings. The molecule has 16 heavy (non-hydrogen) atoms. The molecule has 4 heteroatoms. The summed E-state index contributed by atoms with van der Waals surface area (Å²) in [5, 5.41) is 2.71. The molecule has 0 saturated heterocycles. The number of methoxy groups -OCH3 is 1. The predicted molar refractivity (Wildman–Crippen MR) is 63.1 cm³/mol. The van der Waals surface area contributed by atoms with Gasteiger partial charge in [-0.1, -0.05) is 12.1 Å². The zero-order chi connectivity index (χ0) is 11.4. The summed E-state index contributed by atoms with van der Waals surface area (Å²) in [5.74, 6) is 0.763. The summed E-state index contributed by atoms with van der Waals surface area (Å²) in [6, 6.07) is 7.17. The van der Waals surface area contributed by atoms with E-state index in [1.165, 1.54) is 11.3 Å². The maximum atomic E-state index is 11.9. The van der Waals surface area contributed by atoms with Gasteiger partial charge in [-0.15, -0.1) is 11.3 Å². The third kappa shape index (κ3) is 2.46. The highest BCUT2D eigenvalue weighted by atomic mass is 32.1. The van der Waals surface area contributed by atoms with E-state index < -0.39 is 0 Å². The van der Waals surface area contributed by atoms with E-state index in [9.17, 15) is 4.79 Å². The van der Waals surface area contributed by atoms with Gasteiger partial charge >= 0.3 is 0 Å². The number of hydrogen-bond acceptors (Lipinski definition) is 4. The summed E-state index contributed by atoms with van der Waals surface area (Å²) < 4.78 is 5.07. The molecule has 0 unspecified atom stereocenters. The number of aromatic nitrogens is 1. The van der Waals surface area contributed by atoms with Crippen LogP contribution in [0.15, 0.2) is 35.8 Å². The Morgan fingerprint density at radius 3 is 3.06 bits per heavy atom. The van der Waals surface area contributed by atoms with Crippen LogP contribution in [-0.2, 0) is 6.42 Å².